The summed E-state index contributed by atoms with van der Waals surface area (Å²) in [5, 5.41) is 0.450. The molecular weight excluding hydrogens is 368 g/mol. The first kappa shape index (κ1) is 17.1. The molecule has 0 saturated heterocycles. The molecule has 8 heteroatoms. The van der Waals surface area contributed by atoms with E-state index in [0.29, 0.717) is 33.5 Å². The minimum atomic E-state index is -0.321. The summed E-state index contributed by atoms with van der Waals surface area (Å²) in [5.74, 6) is 1.74. The Labute approximate surface area is 159 Å². The second-order valence-electron chi connectivity index (χ2n) is 5.88. The number of benzene rings is 1. The maximum absolute atomic E-state index is 12.3. The van der Waals surface area contributed by atoms with E-state index in [2.05, 4.69) is 15.0 Å². The molecular formula is C19H15ClN4O3. The van der Waals surface area contributed by atoms with E-state index in [1.807, 2.05) is 19.1 Å². The standard InChI is InChI=1S/C19H15ClN4O3/c1-11-3-5-14(8-16(11)26-2)27-17-6-4-13(10-21-17)24-18-15(23-19(24)25)7-12(20)9-22-18/h3-10H,1-2H3,(H,23,25). The van der Waals surface area contributed by atoms with Crippen LogP contribution in [-0.2, 0) is 0 Å². The summed E-state index contributed by atoms with van der Waals surface area (Å²) < 4.78 is 12.5. The molecule has 0 bridgehead atoms. The Balaban J connectivity index is 1.65. The van der Waals surface area contributed by atoms with Gasteiger partial charge in [-0.05, 0) is 30.7 Å². The van der Waals surface area contributed by atoms with Gasteiger partial charge in [0, 0.05) is 18.3 Å². The number of ether oxygens (including phenoxy) is 2. The van der Waals surface area contributed by atoms with Crippen LogP contribution in [0.5, 0.6) is 17.4 Å². The van der Waals surface area contributed by atoms with Gasteiger partial charge in [0.2, 0.25) is 5.88 Å². The molecule has 0 spiro atoms. The lowest BCUT2D eigenvalue weighted by atomic mass is 10.2. The summed E-state index contributed by atoms with van der Waals surface area (Å²) in [7, 11) is 1.61. The van der Waals surface area contributed by atoms with Crippen LogP contribution in [0, 0.1) is 6.92 Å². The predicted octanol–water partition coefficient (Wildman–Crippen LogP) is 3.87. The summed E-state index contributed by atoms with van der Waals surface area (Å²) in [4.78, 5) is 23.5. The zero-order chi connectivity index (χ0) is 19.0. The lowest BCUT2D eigenvalue weighted by Crippen LogP contribution is -2.15. The van der Waals surface area contributed by atoms with Gasteiger partial charge in [-0.1, -0.05) is 17.7 Å². The molecule has 1 aromatic carbocycles. The number of nitrogens with one attached hydrogen (secondary N) is 1. The molecule has 0 atom stereocenters. The van der Waals surface area contributed by atoms with Crippen molar-refractivity contribution in [1.82, 2.24) is 19.5 Å². The Morgan fingerprint density at radius 2 is 1.96 bits per heavy atom. The van der Waals surface area contributed by atoms with E-state index in [-0.39, 0.29) is 5.69 Å². The number of fused-ring (bicyclic) bond motifs is 1. The van der Waals surface area contributed by atoms with Crippen molar-refractivity contribution in [2.45, 2.75) is 6.92 Å². The van der Waals surface area contributed by atoms with Crippen LogP contribution < -0.4 is 15.2 Å². The van der Waals surface area contributed by atoms with E-state index in [0.717, 1.165) is 11.3 Å². The smallest absolute Gasteiger partial charge is 0.332 e. The molecule has 0 aliphatic carbocycles. The number of methoxy groups -OCH3 is 1. The molecule has 0 amide bonds. The summed E-state index contributed by atoms with van der Waals surface area (Å²) >= 11 is 5.92. The van der Waals surface area contributed by atoms with Crippen LogP contribution in [0.2, 0.25) is 5.02 Å². The van der Waals surface area contributed by atoms with Crippen LogP contribution in [0.3, 0.4) is 0 Å². The van der Waals surface area contributed by atoms with Gasteiger partial charge in [-0.2, -0.15) is 0 Å². The van der Waals surface area contributed by atoms with Gasteiger partial charge in [0.15, 0.2) is 5.65 Å². The highest BCUT2D eigenvalue weighted by Crippen LogP contribution is 2.27. The first-order chi connectivity index (χ1) is 13.0. The van der Waals surface area contributed by atoms with Gasteiger partial charge in [0.1, 0.15) is 11.5 Å². The van der Waals surface area contributed by atoms with Crippen LogP contribution in [-0.4, -0.2) is 26.6 Å². The number of nitrogens with zero attached hydrogens (tertiary/aromatic N) is 3. The molecule has 4 aromatic rings. The van der Waals surface area contributed by atoms with E-state index in [1.54, 1.807) is 37.6 Å². The van der Waals surface area contributed by atoms with Crippen LogP contribution in [0.4, 0.5) is 0 Å². The zero-order valence-corrected chi connectivity index (χ0v) is 15.3. The average molecular weight is 383 g/mol. The third kappa shape index (κ3) is 3.24. The first-order valence-corrected chi connectivity index (χ1v) is 8.48. The molecule has 0 unspecified atom stereocenters. The highest BCUT2D eigenvalue weighted by Gasteiger charge is 2.11. The van der Waals surface area contributed by atoms with E-state index >= 15 is 0 Å². The number of aromatic nitrogens is 4. The number of hydrogen-bond acceptors (Lipinski definition) is 5. The van der Waals surface area contributed by atoms with Gasteiger partial charge < -0.3 is 14.5 Å². The number of hydrogen-bond donors (Lipinski definition) is 1. The highest BCUT2D eigenvalue weighted by atomic mass is 35.5. The third-order valence-corrected chi connectivity index (χ3v) is 4.28. The molecule has 0 aliphatic heterocycles. The maximum atomic E-state index is 12.3. The van der Waals surface area contributed by atoms with Crippen molar-refractivity contribution >= 4 is 22.8 Å². The fraction of sp³-hybridized carbons (Fsp3) is 0.105. The van der Waals surface area contributed by atoms with Crippen molar-refractivity contribution in [3.63, 3.8) is 0 Å². The Hall–Kier alpha value is -3.32. The molecule has 0 fully saturated rings. The van der Waals surface area contributed by atoms with E-state index in [1.165, 1.54) is 10.8 Å². The Morgan fingerprint density at radius 1 is 1.11 bits per heavy atom. The van der Waals surface area contributed by atoms with Crippen molar-refractivity contribution in [2.24, 2.45) is 0 Å². The summed E-state index contributed by atoms with van der Waals surface area (Å²) in [5.41, 5.74) is 2.29. The molecule has 4 rings (SSSR count). The minimum Gasteiger partial charge on any atom is -0.496 e. The van der Waals surface area contributed by atoms with E-state index in [9.17, 15) is 4.79 Å². The van der Waals surface area contributed by atoms with Crippen molar-refractivity contribution in [2.75, 3.05) is 7.11 Å². The summed E-state index contributed by atoms with van der Waals surface area (Å²) in [6.45, 7) is 1.95. The maximum Gasteiger partial charge on any atom is 0.332 e. The number of rotatable bonds is 4. The normalized spacial score (nSPS) is 10.9. The Bertz CT molecular complexity index is 1180. The van der Waals surface area contributed by atoms with Crippen LogP contribution in [0.15, 0.2) is 53.6 Å². The topological polar surface area (TPSA) is 82.0 Å². The van der Waals surface area contributed by atoms with Crippen LogP contribution >= 0.6 is 11.6 Å². The van der Waals surface area contributed by atoms with Gasteiger partial charge in [0.25, 0.3) is 0 Å². The van der Waals surface area contributed by atoms with Gasteiger partial charge in [-0.15, -0.1) is 0 Å². The molecule has 136 valence electrons. The molecule has 7 nitrogen and oxygen atoms in total. The second kappa shape index (κ2) is 6.77. The average Bonchev–Trinajstić information content (AvgIpc) is 2.98. The minimum absolute atomic E-state index is 0.321. The van der Waals surface area contributed by atoms with Gasteiger partial charge >= 0.3 is 5.69 Å². The monoisotopic (exact) mass is 382 g/mol. The number of aryl methyl sites for hydroxylation is 1. The van der Waals surface area contributed by atoms with Gasteiger partial charge in [-0.25, -0.2) is 19.3 Å². The molecule has 27 heavy (non-hydrogen) atoms. The van der Waals surface area contributed by atoms with Crippen molar-refractivity contribution < 1.29 is 9.47 Å². The molecule has 0 aliphatic rings. The fourth-order valence-electron chi connectivity index (χ4n) is 2.76. The number of pyridine rings is 2. The van der Waals surface area contributed by atoms with E-state index in [4.69, 9.17) is 21.1 Å². The molecule has 0 radical (unpaired) electrons. The van der Waals surface area contributed by atoms with E-state index < -0.39 is 0 Å². The number of aromatic amines is 1. The van der Waals surface area contributed by atoms with Gasteiger partial charge in [0.05, 0.1) is 29.5 Å². The number of H-pyrrole nitrogens is 1. The second-order valence-corrected chi connectivity index (χ2v) is 6.31. The Morgan fingerprint density at radius 3 is 2.70 bits per heavy atom. The van der Waals surface area contributed by atoms with Gasteiger partial charge in [-0.3, -0.25) is 0 Å². The lowest BCUT2D eigenvalue weighted by Gasteiger charge is -2.09. The summed E-state index contributed by atoms with van der Waals surface area (Å²) in [6.07, 6.45) is 3.04. The molecule has 0 saturated carbocycles. The molecule has 3 aromatic heterocycles. The SMILES string of the molecule is COc1cc(Oc2ccc(-n3c(=O)[nH]c4cc(Cl)cnc43)cn2)ccc1C. The lowest BCUT2D eigenvalue weighted by molar-refractivity contribution is 0.404. The van der Waals surface area contributed by atoms with Crippen LogP contribution in [0.25, 0.3) is 16.9 Å². The summed E-state index contributed by atoms with van der Waals surface area (Å²) in [6, 6.07) is 10.6. The van der Waals surface area contributed by atoms with Crippen molar-refractivity contribution in [1.29, 1.82) is 0 Å². The number of imidazole rings is 1. The molecule has 3 heterocycles. The number of halogens is 1. The molecule has 1 N–H and O–H groups in total. The van der Waals surface area contributed by atoms with Crippen molar-refractivity contribution in [3.8, 4) is 23.1 Å². The third-order valence-electron chi connectivity index (χ3n) is 4.07. The quantitative estimate of drug-likeness (QED) is 0.579. The first-order valence-electron chi connectivity index (χ1n) is 8.10. The zero-order valence-electron chi connectivity index (χ0n) is 14.6. The van der Waals surface area contributed by atoms with Crippen LogP contribution in [0.1, 0.15) is 5.56 Å². The predicted molar refractivity (Wildman–Crippen MR) is 102 cm³/mol. The largest absolute Gasteiger partial charge is 0.496 e. The highest BCUT2D eigenvalue weighted by molar-refractivity contribution is 6.31. The Kier molecular flexibility index (Phi) is 4.29. The fourth-order valence-corrected chi connectivity index (χ4v) is 2.92. The van der Waals surface area contributed by atoms with Crippen molar-refractivity contribution in [3.05, 3.63) is 69.9 Å².